The van der Waals surface area contributed by atoms with Crippen molar-refractivity contribution in [3.05, 3.63) is 210 Å². The second kappa shape index (κ2) is 12.3. The summed E-state index contributed by atoms with van der Waals surface area (Å²) in [5.74, 6) is 0. The van der Waals surface area contributed by atoms with Crippen molar-refractivity contribution in [1.82, 2.24) is 4.57 Å². The monoisotopic (exact) mass is 733 g/mol. The van der Waals surface area contributed by atoms with Gasteiger partial charge in [-0.3, -0.25) is 0 Å². The molecule has 0 fully saturated rings. The fourth-order valence-electron chi connectivity index (χ4n) is 9.87. The van der Waals surface area contributed by atoms with Crippen LogP contribution in [0.5, 0.6) is 0 Å². The van der Waals surface area contributed by atoms with Gasteiger partial charge >= 0.3 is 0 Å². The molecule has 0 saturated heterocycles. The third-order valence-electron chi connectivity index (χ3n) is 12.7. The van der Waals surface area contributed by atoms with Gasteiger partial charge in [-0.1, -0.05) is 137 Å². The SMILES string of the molecule is CC1(C)c2ccccc2N(c2ccccc2)c2ccc(-c3ccc4c(c3)C(C)(C)c3ccccc3N4c3cccc(-n4c5ccccc5c5ccccc54)c3)cc21. The molecule has 1 aromatic heterocycles. The van der Waals surface area contributed by atoms with E-state index in [1.807, 2.05) is 0 Å². The second-order valence-corrected chi connectivity index (χ2v) is 16.6. The lowest BCUT2D eigenvalue weighted by Crippen LogP contribution is -2.31. The molecule has 0 saturated carbocycles. The van der Waals surface area contributed by atoms with Crippen molar-refractivity contribution in [2.45, 2.75) is 38.5 Å². The molecule has 2 aliphatic rings. The van der Waals surface area contributed by atoms with Crippen LogP contribution < -0.4 is 9.80 Å². The van der Waals surface area contributed by atoms with Crippen molar-refractivity contribution in [3.63, 3.8) is 0 Å². The fourth-order valence-corrected chi connectivity index (χ4v) is 9.87. The van der Waals surface area contributed by atoms with E-state index in [4.69, 9.17) is 0 Å². The molecule has 0 unspecified atom stereocenters. The molecular weight excluding hydrogens is 691 g/mol. The van der Waals surface area contributed by atoms with Gasteiger partial charge in [0.05, 0.1) is 33.8 Å². The van der Waals surface area contributed by atoms with Crippen LogP contribution in [0.3, 0.4) is 0 Å². The van der Waals surface area contributed by atoms with Gasteiger partial charge in [0.1, 0.15) is 0 Å². The van der Waals surface area contributed by atoms with E-state index in [9.17, 15) is 0 Å². The average molecular weight is 734 g/mol. The van der Waals surface area contributed by atoms with Crippen LogP contribution in [0, 0.1) is 0 Å². The molecule has 0 radical (unpaired) electrons. The number of anilines is 6. The molecule has 0 bridgehead atoms. The largest absolute Gasteiger partial charge is 0.310 e. The molecule has 11 rings (SSSR count). The zero-order chi connectivity index (χ0) is 38.5. The Labute approximate surface area is 334 Å². The van der Waals surface area contributed by atoms with Crippen LogP contribution in [0.15, 0.2) is 188 Å². The number of hydrogen-bond donors (Lipinski definition) is 0. The number of fused-ring (bicyclic) bond motifs is 7. The van der Waals surface area contributed by atoms with E-state index >= 15 is 0 Å². The number of nitrogens with zero attached hydrogens (tertiary/aromatic N) is 3. The molecule has 0 amide bonds. The Hall–Kier alpha value is -6.84. The van der Waals surface area contributed by atoms with E-state index in [2.05, 4.69) is 230 Å². The van der Waals surface area contributed by atoms with E-state index in [1.54, 1.807) is 0 Å². The van der Waals surface area contributed by atoms with Crippen molar-refractivity contribution in [2.75, 3.05) is 9.80 Å². The Kier molecular flexibility index (Phi) is 7.25. The van der Waals surface area contributed by atoms with Crippen LogP contribution in [0.2, 0.25) is 0 Å². The highest BCUT2D eigenvalue weighted by Gasteiger charge is 2.39. The minimum absolute atomic E-state index is 0.183. The number of hydrogen-bond acceptors (Lipinski definition) is 2. The fraction of sp³-hybridized carbons (Fsp3) is 0.111. The number of para-hydroxylation sites is 5. The summed E-state index contributed by atoms with van der Waals surface area (Å²) in [7, 11) is 0. The van der Waals surface area contributed by atoms with Gasteiger partial charge in [0.15, 0.2) is 0 Å². The quantitative estimate of drug-likeness (QED) is 0.178. The van der Waals surface area contributed by atoms with Gasteiger partial charge in [0.25, 0.3) is 0 Å². The summed E-state index contributed by atoms with van der Waals surface area (Å²) >= 11 is 0. The van der Waals surface area contributed by atoms with Crippen LogP contribution >= 0.6 is 0 Å². The van der Waals surface area contributed by atoms with Gasteiger partial charge in [-0.25, -0.2) is 0 Å². The van der Waals surface area contributed by atoms with E-state index in [1.165, 1.54) is 83.6 Å². The lowest BCUT2D eigenvalue weighted by molar-refractivity contribution is 0.631. The molecule has 0 N–H and O–H groups in total. The summed E-state index contributed by atoms with van der Waals surface area (Å²) in [6, 6.07) is 69.4. The molecule has 57 heavy (non-hydrogen) atoms. The van der Waals surface area contributed by atoms with Gasteiger partial charge in [-0.05, 0) is 112 Å². The summed E-state index contributed by atoms with van der Waals surface area (Å²) in [6.45, 7) is 9.50. The minimum Gasteiger partial charge on any atom is -0.310 e. The highest BCUT2D eigenvalue weighted by atomic mass is 15.2. The molecule has 2 aliphatic heterocycles. The normalized spacial score (nSPS) is 14.9. The summed E-state index contributed by atoms with van der Waals surface area (Å²) in [6.07, 6.45) is 0. The molecule has 0 spiro atoms. The molecule has 274 valence electrons. The van der Waals surface area contributed by atoms with E-state index in [0.717, 1.165) is 11.4 Å². The molecule has 8 aromatic carbocycles. The van der Waals surface area contributed by atoms with E-state index < -0.39 is 0 Å². The molecular formula is C54H43N3. The summed E-state index contributed by atoms with van der Waals surface area (Å²) in [5, 5.41) is 2.54. The van der Waals surface area contributed by atoms with Crippen LogP contribution in [-0.2, 0) is 10.8 Å². The first-order chi connectivity index (χ1) is 27.8. The Balaban J connectivity index is 1.06. The predicted octanol–water partition coefficient (Wildman–Crippen LogP) is 14.7. The molecule has 3 heteroatoms. The first-order valence-electron chi connectivity index (χ1n) is 20.0. The summed E-state index contributed by atoms with van der Waals surface area (Å²) in [4.78, 5) is 4.90. The maximum absolute atomic E-state index is 2.47. The molecule has 3 heterocycles. The number of rotatable bonds is 4. The van der Waals surface area contributed by atoms with Crippen LogP contribution in [0.1, 0.15) is 49.9 Å². The maximum atomic E-state index is 2.47. The molecule has 3 nitrogen and oxygen atoms in total. The maximum Gasteiger partial charge on any atom is 0.0541 e. The van der Waals surface area contributed by atoms with E-state index in [0.29, 0.717) is 0 Å². The first kappa shape index (κ1) is 33.5. The molecule has 0 atom stereocenters. The minimum atomic E-state index is -0.223. The Morgan fingerprint density at radius 2 is 0.737 bits per heavy atom. The number of benzene rings is 8. The van der Waals surface area contributed by atoms with Gasteiger partial charge in [-0.15, -0.1) is 0 Å². The lowest BCUT2D eigenvalue weighted by atomic mass is 9.71. The summed E-state index contributed by atoms with van der Waals surface area (Å²) < 4.78 is 2.41. The van der Waals surface area contributed by atoms with E-state index in [-0.39, 0.29) is 10.8 Å². The van der Waals surface area contributed by atoms with Crippen LogP contribution in [0.4, 0.5) is 34.1 Å². The van der Waals surface area contributed by atoms with Crippen molar-refractivity contribution < 1.29 is 0 Å². The lowest BCUT2D eigenvalue weighted by Gasteiger charge is -2.43. The summed E-state index contributed by atoms with van der Waals surface area (Å²) in [5.41, 5.74) is 18.1. The Morgan fingerprint density at radius 3 is 1.30 bits per heavy atom. The van der Waals surface area contributed by atoms with Gasteiger partial charge in [0.2, 0.25) is 0 Å². The molecule has 9 aromatic rings. The average Bonchev–Trinajstić information content (AvgIpc) is 3.59. The van der Waals surface area contributed by atoms with Crippen LogP contribution in [0.25, 0.3) is 38.6 Å². The Bertz CT molecular complexity index is 2990. The van der Waals surface area contributed by atoms with Gasteiger partial charge in [0, 0.05) is 38.7 Å². The van der Waals surface area contributed by atoms with Gasteiger partial charge < -0.3 is 14.4 Å². The third-order valence-corrected chi connectivity index (χ3v) is 12.7. The van der Waals surface area contributed by atoms with Crippen molar-refractivity contribution in [2.24, 2.45) is 0 Å². The zero-order valence-electron chi connectivity index (χ0n) is 32.7. The van der Waals surface area contributed by atoms with Crippen molar-refractivity contribution in [3.8, 4) is 16.8 Å². The Morgan fingerprint density at radius 1 is 0.316 bits per heavy atom. The van der Waals surface area contributed by atoms with Crippen molar-refractivity contribution >= 4 is 55.9 Å². The predicted molar refractivity (Wildman–Crippen MR) is 240 cm³/mol. The zero-order valence-corrected chi connectivity index (χ0v) is 32.7. The molecule has 0 aliphatic carbocycles. The van der Waals surface area contributed by atoms with Crippen molar-refractivity contribution in [1.29, 1.82) is 0 Å². The third kappa shape index (κ3) is 4.91. The second-order valence-electron chi connectivity index (χ2n) is 16.6. The topological polar surface area (TPSA) is 11.4 Å². The first-order valence-corrected chi connectivity index (χ1v) is 20.0. The highest BCUT2D eigenvalue weighted by molar-refractivity contribution is 6.09. The highest BCUT2D eigenvalue weighted by Crippen LogP contribution is 2.55. The smallest absolute Gasteiger partial charge is 0.0541 e. The van der Waals surface area contributed by atoms with Gasteiger partial charge in [-0.2, -0.15) is 0 Å². The number of aromatic nitrogens is 1. The standard InChI is InChI=1S/C54H43N3/c1-53(2)43-23-10-14-27-49(43)55(38-17-6-5-7-18-38)51-31-29-36(33-45(51)53)37-30-32-52-46(34-37)54(3,4)44-24-11-15-28-50(44)57(52)40-20-16-19-39(35-40)56-47-25-12-8-21-41(47)42-22-9-13-26-48(42)56/h5-35H,1-4H3. The van der Waals surface area contributed by atoms with Crippen LogP contribution in [-0.4, -0.2) is 4.57 Å².